The number of anilines is 1. The van der Waals surface area contributed by atoms with Gasteiger partial charge >= 0.3 is 6.03 Å². The zero-order valence-corrected chi connectivity index (χ0v) is 15.4. The van der Waals surface area contributed by atoms with Gasteiger partial charge in [-0.3, -0.25) is 14.6 Å². The summed E-state index contributed by atoms with van der Waals surface area (Å²) in [4.78, 5) is 28.2. The van der Waals surface area contributed by atoms with Crippen LogP contribution >= 0.6 is 0 Å². The molecule has 4 rings (SSSR count). The van der Waals surface area contributed by atoms with Gasteiger partial charge in [0.25, 0.3) is 0 Å². The van der Waals surface area contributed by atoms with E-state index in [-0.39, 0.29) is 25.4 Å². The number of methoxy groups -OCH3 is 1. The lowest BCUT2D eigenvalue weighted by atomic mass is 10.1. The van der Waals surface area contributed by atoms with Crippen LogP contribution in [0, 0.1) is 0 Å². The molecular weight excluding hydrogens is 358 g/mol. The molecule has 2 heterocycles. The zero-order valence-electron chi connectivity index (χ0n) is 15.4. The summed E-state index contributed by atoms with van der Waals surface area (Å²) in [5, 5.41) is 4.79. The minimum Gasteiger partial charge on any atom is -0.497 e. The predicted molar refractivity (Wildman–Crippen MR) is 105 cm³/mol. The van der Waals surface area contributed by atoms with Gasteiger partial charge in [0.15, 0.2) is 11.4 Å². The van der Waals surface area contributed by atoms with E-state index in [1.807, 2.05) is 24.3 Å². The van der Waals surface area contributed by atoms with Gasteiger partial charge in [0.2, 0.25) is 5.91 Å². The van der Waals surface area contributed by atoms with E-state index in [0.717, 1.165) is 11.1 Å². The average molecular weight is 377 g/mol. The topological polar surface area (TPSA) is 75.9 Å². The lowest BCUT2D eigenvalue weighted by Crippen LogP contribution is -2.52. The first-order valence-corrected chi connectivity index (χ1v) is 8.87. The van der Waals surface area contributed by atoms with E-state index < -0.39 is 6.03 Å². The molecule has 0 atom stereocenters. The molecular formula is C21H19N3O4. The minimum atomic E-state index is -0.411. The van der Waals surface area contributed by atoms with E-state index in [0.29, 0.717) is 22.5 Å². The fourth-order valence-electron chi connectivity index (χ4n) is 3.22. The number of carbonyl (C=O) groups is 2. The Labute approximate surface area is 161 Å². The SMILES string of the molecule is C=Cc1ccc2onc(N3CCC(=O)N(Cc4ccc(OC)cc4)C3=O)c2c1. The van der Waals surface area contributed by atoms with Gasteiger partial charge in [-0.1, -0.05) is 36.0 Å². The number of fused-ring (bicyclic) bond motifs is 1. The Morgan fingerprint density at radius 1 is 1.21 bits per heavy atom. The third-order valence-corrected chi connectivity index (χ3v) is 4.78. The van der Waals surface area contributed by atoms with Crippen LogP contribution in [0.15, 0.2) is 53.6 Å². The number of urea groups is 1. The standard InChI is InChI=1S/C21H19N3O4/c1-3-14-6-9-18-17(12-14)20(22-28-18)23-11-10-19(25)24(21(23)26)13-15-4-7-16(27-2)8-5-15/h3-9,12H,1,10-11,13H2,2H3. The smallest absolute Gasteiger partial charge is 0.332 e. The van der Waals surface area contributed by atoms with Crippen LogP contribution in [-0.2, 0) is 11.3 Å². The normalized spacial score (nSPS) is 14.6. The highest BCUT2D eigenvalue weighted by Crippen LogP contribution is 2.30. The number of ether oxygens (including phenoxy) is 1. The molecule has 1 fully saturated rings. The van der Waals surface area contributed by atoms with Crippen molar-refractivity contribution in [3.63, 3.8) is 0 Å². The van der Waals surface area contributed by atoms with Crippen molar-refractivity contribution in [2.75, 3.05) is 18.6 Å². The minimum absolute atomic E-state index is 0.186. The lowest BCUT2D eigenvalue weighted by Gasteiger charge is -2.32. The maximum absolute atomic E-state index is 13.1. The molecule has 142 valence electrons. The van der Waals surface area contributed by atoms with Crippen LogP contribution in [0.4, 0.5) is 10.6 Å². The molecule has 1 saturated heterocycles. The van der Waals surface area contributed by atoms with Gasteiger partial charge in [-0.2, -0.15) is 0 Å². The fraction of sp³-hybridized carbons (Fsp3) is 0.190. The van der Waals surface area contributed by atoms with Crippen LogP contribution in [-0.4, -0.2) is 35.6 Å². The van der Waals surface area contributed by atoms with Crippen LogP contribution in [0.5, 0.6) is 5.75 Å². The quantitative estimate of drug-likeness (QED) is 0.675. The monoisotopic (exact) mass is 377 g/mol. The molecule has 0 unspecified atom stereocenters. The first kappa shape index (κ1) is 17.8. The van der Waals surface area contributed by atoms with Crippen LogP contribution < -0.4 is 9.64 Å². The van der Waals surface area contributed by atoms with E-state index in [2.05, 4.69) is 11.7 Å². The molecule has 28 heavy (non-hydrogen) atoms. The van der Waals surface area contributed by atoms with Crippen molar-refractivity contribution in [2.45, 2.75) is 13.0 Å². The number of rotatable bonds is 5. The van der Waals surface area contributed by atoms with E-state index in [4.69, 9.17) is 9.26 Å². The molecule has 0 N–H and O–H groups in total. The number of aromatic nitrogens is 1. The molecule has 3 aromatic rings. The van der Waals surface area contributed by atoms with Crippen LogP contribution in [0.3, 0.4) is 0 Å². The van der Waals surface area contributed by atoms with Crippen molar-refractivity contribution in [1.29, 1.82) is 0 Å². The second-order valence-electron chi connectivity index (χ2n) is 6.48. The van der Waals surface area contributed by atoms with E-state index in [9.17, 15) is 9.59 Å². The molecule has 1 aromatic heterocycles. The highest BCUT2D eigenvalue weighted by molar-refractivity contribution is 6.08. The first-order valence-electron chi connectivity index (χ1n) is 8.87. The van der Waals surface area contributed by atoms with Gasteiger partial charge in [-0.05, 0) is 35.4 Å². The molecule has 1 aliphatic heterocycles. The summed E-state index contributed by atoms with van der Waals surface area (Å²) >= 11 is 0. The summed E-state index contributed by atoms with van der Waals surface area (Å²) in [7, 11) is 1.59. The van der Waals surface area contributed by atoms with Gasteiger partial charge in [0.1, 0.15) is 5.75 Å². The summed E-state index contributed by atoms with van der Waals surface area (Å²) in [5.74, 6) is 0.918. The Hall–Kier alpha value is -3.61. The van der Waals surface area contributed by atoms with Crippen LogP contribution in [0.2, 0.25) is 0 Å². The predicted octanol–water partition coefficient (Wildman–Crippen LogP) is 3.84. The summed E-state index contributed by atoms with van der Waals surface area (Å²) in [6, 6.07) is 12.4. The molecule has 0 spiro atoms. The number of hydrogen-bond donors (Lipinski definition) is 0. The van der Waals surface area contributed by atoms with Gasteiger partial charge in [-0.25, -0.2) is 4.79 Å². The summed E-state index contributed by atoms with van der Waals surface area (Å²) in [6.45, 7) is 4.21. The molecule has 7 heteroatoms. The number of nitrogens with zero attached hydrogens (tertiary/aromatic N) is 3. The van der Waals surface area contributed by atoms with Gasteiger partial charge in [-0.15, -0.1) is 0 Å². The molecule has 3 amide bonds. The lowest BCUT2D eigenvalue weighted by molar-refractivity contribution is -0.129. The van der Waals surface area contributed by atoms with Crippen molar-refractivity contribution in [1.82, 2.24) is 10.1 Å². The molecule has 7 nitrogen and oxygen atoms in total. The third-order valence-electron chi connectivity index (χ3n) is 4.78. The zero-order chi connectivity index (χ0) is 19.7. The largest absolute Gasteiger partial charge is 0.497 e. The highest BCUT2D eigenvalue weighted by Gasteiger charge is 2.35. The fourth-order valence-corrected chi connectivity index (χ4v) is 3.22. The van der Waals surface area contributed by atoms with Crippen molar-refractivity contribution >= 4 is 34.8 Å². The summed E-state index contributed by atoms with van der Waals surface area (Å²) in [5.41, 5.74) is 2.31. The number of benzene rings is 2. The Morgan fingerprint density at radius 3 is 2.71 bits per heavy atom. The Balaban J connectivity index is 1.63. The summed E-state index contributed by atoms with van der Waals surface area (Å²) in [6.07, 6.45) is 1.94. The summed E-state index contributed by atoms with van der Waals surface area (Å²) < 4.78 is 10.5. The van der Waals surface area contributed by atoms with Gasteiger partial charge in [0, 0.05) is 13.0 Å². The Morgan fingerprint density at radius 2 is 2.00 bits per heavy atom. The molecule has 2 aromatic carbocycles. The molecule has 0 bridgehead atoms. The van der Waals surface area contributed by atoms with Crippen molar-refractivity contribution in [2.24, 2.45) is 0 Å². The Bertz CT molecular complexity index is 1060. The molecule has 0 saturated carbocycles. The Kier molecular flexibility index (Phi) is 4.57. The number of amides is 3. The van der Waals surface area contributed by atoms with E-state index >= 15 is 0 Å². The number of carbonyl (C=O) groups excluding carboxylic acids is 2. The third kappa shape index (κ3) is 3.11. The van der Waals surface area contributed by atoms with E-state index in [1.165, 1.54) is 9.80 Å². The highest BCUT2D eigenvalue weighted by atomic mass is 16.5. The second kappa shape index (κ2) is 7.19. The number of hydrogen-bond acceptors (Lipinski definition) is 5. The molecule has 0 radical (unpaired) electrons. The maximum atomic E-state index is 13.1. The number of imide groups is 1. The van der Waals surface area contributed by atoms with E-state index in [1.54, 1.807) is 31.4 Å². The van der Waals surface area contributed by atoms with Crippen molar-refractivity contribution in [3.8, 4) is 5.75 Å². The molecule has 0 aliphatic carbocycles. The van der Waals surface area contributed by atoms with Gasteiger partial charge < -0.3 is 9.26 Å². The van der Waals surface area contributed by atoms with Gasteiger partial charge in [0.05, 0.1) is 19.0 Å². The molecule has 1 aliphatic rings. The van der Waals surface area contributed by atoms with Crippen LogP contribution in [0.1, 0.15) is 17.5 Å². The first-order chi connectivity index (χ1) is 13.6. The second-order valence-corrected chi connectivity index (χ2v) is 6.48. The average Bonchev–Trinajstić information content (AvgIpc) is 3.14. The van der Waals surface area contributed by atoms with Crippen molar-refractivity contribution < 1.29 is 18.8 Å². The van der Waals surface area contributed by atoms with Crippen molar-refractivity contribution in [3.05, 3.63) is 60.2 Å². The maximum Gasteiger partial charge on any atom is 0.332 e. The van der Waals surface area contributed by atoms with Crippen LogP contribution in [0.25, 0.3) is 17.0 Å².